The van der Waals surface area contributed by atoms with E-state index in [-0.39, 0.29) is 17.7 Å². The number of rotatable bonds is 3. The molecule has 1 rings (SSSR count). The van der Waals surface area contributed by atoms with E-state index in [9.17, 15) is 0 Å². The Morgan fingerprint density at radius 1 is 0.895 bits per heavy atom. The average molecular weight is 260 g/mol. The molecule has 0 aliphatic carbocycles. The Morgan fingerprint density at radius 3 is 1.63 bits per heavy atom. The van der Waals surface area contributed by atoms with E-state index >= 15 is 0 Å². The molecule has 0 saturated heterocycles. The smallest absolute Gasteiger partial charge is 0.323 e. The Labute approximate surface area is 119 Å². The molecular weight excluding hydrogens is 231 g/mol. The molecule has 1 nitrogen and oxygen atoms in total. The monoisotopic (exact) mass is 260 g/mol. The number of hydrogen-bond acceptors (Lipinski definition) is 1. The third-order valence-electron chi connectivity index (χ3n) is 3.57. The van der Waals surface area contributed by atoms with E-state index in [1.165, 1.54) is 16.6 Å². The van der Waals surface area contributed by atoms with Crippen molar-refractivity contribution in [3.05, 3.63) is 29.3 Å². The van der Waals surface area contributed by atoms with Crippen molar-refractivity contribution >= 4 is 12.4 Å². The molecule has 0 saturated carbocycles. The van der Waals surface area contributed by atoms with Crippen molar-refractivity contribution in [1.29, 1.82) is 0 Å². The van der Waals surface area contributed by atoms with Crippen LogP contribution in [0.2, 0.25) is 6.82 Å². The third kappa shape index (κ3) is 4.38. The maximum atomic E-state index is 5.76. The lowest BCUT2D eigenvalue weighted by Gasteiger charge is -2.27. The van der Waals surface area contributed by atoms with Gasteiger partial charge in [-0.3, -0.25) is 0 Å². The third-order valence-corrected chi connectivity index (χ3v) is 3.57. The van der Waals surface area contributed by atoms with Crippen molar-refractivity contribution < 1.29 is 4.65 Å². The maximum Gasteiger partial charge on any atom is 0.323 e. The molecule has 0 bridgehead atoms. The summed E-state index contributed by atoms with van der Waals surface area (Å²) in [6.45, 7) is 18.7. The Bertz CT molecular complexity index is 392. The molecule has 0 fully saturated rings. The molecular formula is C17H29BO. The second-order valence-electron chi connectivity index (χ2n) is 7.44. The standard InChI is InChI=1S/C17H29BO/c1-9-19-18(8)15-11-13(16(2,3)4)10-14(12-15)17(5,6)7/h10-12H,9H2,1-8H3. The Balaban J connectivity index is 3.33. The zero-order valence-corrected chi connectivity index (χ0v) is 13.9. The van der Waals surface area contributed by atoms with Crippen molar-refractivity contribution in [3.63, 3.8) is 0 Å². The second-order valence-corrected chi connectivity index (χ2v) is 7.44. The molecule has 0 atom stereocenters. The molecule has 0 heterocycles. The first-order chi connectivity index (χ1) is 8.55. The summed E-state index contributed by atoms with van der Waals surface area (Å²) in [5.41, 5.74) is 4.41. The molecule has 1 aromatic rings. The van der Waals surface area contributed by atoms with Gasteiger partial charge in [-0.2, -0.15) is 0 Å². The molecule has 1 aromatic carbocycles. The van der Waals surface area contributed by atoms with Crippen LogP contribution in [0.15, 0.2) is 18.2 Å². The lowest BCUT2D eigenvalue weighted by Crippen LogP contribution is -2.33. The highest BCUT2D eigenvalue weighted by molar-refractivity contribution is 6.66. The van der Waals surface area contributed by atoms with E-state index < -0.39 is 0 Å². The summed E-state index contributed by atoms with van der Waals surface area (Å²) in [5, 5.41) is 0. The van der Waals surface area contributed by atoms with Gasteiger partial charge in [0, 0.05) is 6.61 Å². The normalized spacial score (nSPS) is 12.6. The van der Waals surface area contributed by atoms with E-state index in [4.69, 9.17) is 4.65 Å². The van der Waals surface area contributed by atoms with E-state index in [1.807, 2.05) is 0 Å². The van der Waals surface area contributed by atoms with Crippen molar-refractivity contribution in [2.75, 3.05) is 6.61 Å². The van der Waals surface area contributed by atoms with Crippen LogP contribution in [0.4, 0.5) is 0 Å². The summed E-state index contributed by atoms with van der Waals surface area (Å²) < 4.78 is 5.76. The topological polar surface area (TPSA) is 9.23 Å². The summed E-state index contributed by atoms with van der Waals surface area (Å²) in [7, 11) is 0. The highest BCUT2D eigenvalue weighted by Gasteiger charge is 2.23. The largest absolute Gasteiger partial charge is 0.431 e. The molecule has 2 heteroatoms. The minimum absolute atomic E-state index is 0.161. The van der Waals surface area contributed by atoms with Crippen LogP contribution in [0.25, 0.3) is 0 Å². The average Bonchev–Trinajstić information content (AvgIpc) is 2.26. The molecule has 0 radical (unpaired) electrons. The first-order valence-electron chi connectivity index (χ1n) is 7.33. The minimum Gasteiger partial charge on any atom is -0.431 e. The van der Waals surface area contributed by atoms with Crippen molar-refractivity contribution in [2.24, 2.45) is 0 Å². The molecule has 0 aliphatic rings. The summed E-state index contributed by atoms with van der Waals surface area (Å²) in [4.78, 5) is 0. The van der Waals surface area contributed by atoms with Gasteiger partial charge in [-0.15, -0.1) is 0 Å². The predicted molar refractivity (Wildman–Crippen MR) is 86.7 cm³/mol. The summed E-state index contributed by atoms with van der Waals surface area (Å²) in [6, 6.07) is 6.95. The Hall–Kier alpha value is -0.755. The molecule has 0 N–H and O–H groups in total. The van der Waals surface area contributed by atoms with Crippen LogP contribution in [0.5, 0.6) is 0 Å². The Morgan fingerprint density at radius 2 is 1.32 bits per heavy atom. The molecule has 0 spiro atoms. The first-order valence-corrected chi connectivity index (χ1v) is 7.33. The first kappa shape index (κ1) is 16.3. The van der Waals surface area contributed by atoms with Gasteiger partial charge in [0.1, 0.15) is 0 Å². The zero-order valence-electron chi connectivity index (χ0n) is 13.9. The zero-order chi connectivity index (χ0) is 14.8. The maximum absolute atomic E-state index is 5.76. The van der Waals surface area contributed by atoms with Gasteiger partial charge in [0.15, 0.2) is 0 Å². The number of hydrogen-bond donors (Lipinski definition) is 0. The fraction of sp³-hybridized carbons (Fsp3) is 0.647. The fourth-order valence-corrected chi connectivity index (χ4v) is 2.10. The molecule has 0 amide bonds. The highest BCUT2D eigenvalue weighted by atomic mass is 16.4. The van der Waals surface area contributed by atoms with Crippen LogP contribution in [0.3, 0.4) is 0 Å². The predicted octanol–water partition coefficient (Wildman–Crippen LogP) is 4.15. The van der Waals surface area contributed by atoms with Crippen LogP contribution in [0, 0.1) is 0 Å². The van der Waals surface area contributed by atoms with Gasteiger partial charge in [0.2, 0.25) is 0 Å². The van der Waals surface area contributed by atoms with Crippen LogP contribution in [0.1, 0.15) is 59.6 Å². The quantitative estimate of drug-likeness (QED) is 0.742. The van der Waals surface area contributed by atoms with Crippen molar-refractivity contribution in [3.8, 4) is 0 Å². The molecule has 0 aliphatic heterocycles. The van der Waals surface area contributed by atoms with Gasteiger partial charge in [0.05, 0.1) is 0 Å². The summed E-state index contributed by atoms with van der Waals surface area (Å²) in [5.74, 6) is 0. The highest BCUT2D eigenvalue weighted by Crippen LogP contribution is 2.28. The van der Waals surface area contributed by atoms with Gasteiger partial charge < -0.3 is 4.65 Å². The van der Waals surface area contributed by atoms with E-state index in [0.717, 1.165) is 6.61 Å². The minimum atomic E-state index is 0.161. The van der Waals surface area contributed by atoms with Gasteiger partial charge >= 0.3 is 6.92 Å². The van der Waals surface area contributed by atoms with Gasteiger partial charge in [-0.25, -0.2) is 0 Å². The molecule has 0 unspecified atom stereocenters. The van der Waals surface area contributed by atoms with E-state index in [1.54, 1.807) is 0 Å². The van der Waals surface area contributed by atoms with Crippen molar-refractivity contribution in [1.82, 2.24) is 0 Å². The lowest BCUT2D eigenvalue weighted by atomic mass is 9.61. The summed E-state index contributed by atoms with van der Waals surface area (Å²) >= 11 is 0. The molecule has 106 valence electrons. The SMILES string of the molecule is CCOB(C)c1cc(C(C)(C)C)cc(C(C)(C)C)c1. The van der Waals surface area contributed by atoms with E-state index in [2.05, 4.69) is 73.5 Å². The van der Waals surface area contributed by atoms with Gasteiger partial charge in [-0.05, 0) is 34.3 Å². The van der Waals surface area contributed by atoms with Gasteiger partial charge in [0.25, 0.3) is 0 Å². The van der Waals surface area contributed by atoms with Crippen LogP contribution in [-0.4, -0.2) is 13.5 Å². The van der Waals surface area contributed by atoms with Crippen LogP contribution >= 0.6 is 0 Å². The molecule has 19 heavy (non-hydrogen) atoms. The number of benzene rings is 1. The lowest BCUT2D eigenvalue weighted by molar-refractivity contribution is 0.354. The summed E-state index contributed by atoms with van der Waals surface area (Å²) in [6.07, 6.45) is 0. The van der Waals surface area contributed by atoms with Crippen LogP contribution < -0.4 is 5.46 Å². The van der Waals surface area contributed by atoms with Crippen molar-refractivity contribution in [2.45, 2.75) is 66.1 Å². The van der Waals surface area contributed by atoms with Crippen LogP contribution in [-0.2, 0) is 15.5 Å². The Kier molecular flexibility index (Phi) is 4.89. The molecule has 0 aromatic heterocycles. The fourth-order valence-electron chi connectivity index (χ4n) is 2.10. The van der Waals surface area contributed by atoms with Gasteiger partial charge in [-0.1, -0.05) is 66.6 Å². The second kappa shape index (κ2) is 5.70. The van der Waals surface area contributed by atoms with E-state index in [0.29, 0.717) is 0 Å².